The summed E-state index contributed by atoms with van der Waals surface area (Å²) in [4.78, 5) is 23.7. The minimum absolute atomic E-state index is 0.0185. The molecule has 1 aliphatic rings. The van der Waals surface area contributed by atoms with Gasteiger partial charge in [-0.25, -0.2) is 0 Å². The van der Waals surface area contributed by atoms with Crippen LogP contribution in [0, 0.1) is 12.8 Å². The smallest absolute Gasteiger partial charge is 0.323 e. The summed E-state index contributed by atoms with van der Waals surface area (Å²) in [7, 11) is 3.39. The van der Waals surface area contributed by atoms with Gasteiger partial charge < -0.3 is 14.1 Å². The van der Waals surface area contributed by atoms with Crippen LogP contribution >= 0.6 is 0 Å². The number of likely N-dealkylation sites (N-methyl/N-ethyl adjacent to an activating group) is 1. The molecule has 1 saturated heterocycles. The van der Waals surface area contributed by atoms with Gasteiger partial charge in [0.25, 0.3) is 0 Å². The highest BCUT2D eigenvalue weighted by Gasteiger charge is 2.28. The standard InChI is InChI=1S/C9H13NO2.C7H13NO2.C2H6/c1-6(2)8(5-11)9-4-7(3)10-12-9;1-8-5-3-4-6(8)7(9)10-2;1-2/h4-6,8H,1-3H3;6H,3-5H2,1-2H3;1-2H3. The Morgan fingerprint density at radius 2 is 2.08 bits per heavy atom. The fourth-order valence-electron chi connectivity index (χ4n) is 2.44. The molecular weight excluding hydrogens is 308 g/mol. The van der Waals surface area contributed by atoms with Crippen molar-refractivity contribution in [2.45, 2.75) is 59.4 Å². The quantitative estimate of drug-likeness (QED) is 0.619. The molecule has 2 unspecified atom stereocenters. The number of methoxy groups -OCH3 is 1. The summed E-state index contributed by atoms with van der Waals surface area (Å²) < 4.78 is 9.62. The molecule has 1 fully saturated rings. The lowest BCUT2D eigenvalue weighted by Crippen LogP contribution is -2.33. The first-order valence-electron chi connectivity index (χ1n) is 8.57. The van der Waals surface area contributed by atoms with Crippen LogP contribution in [0.1, 0.15) is 57.9 Å². The van der Waals surface area contributed by atoms with Crippen molar-refractivity contribution in [3.05, 3.63) is 17.5 Å². The van der Waals surface area contributed by atoms with Gasteiger partial charge in [0, 0.05) is 6.07 Å². The highest BCUT2D eigenvalue weighted by atomic mass is 16.5. The van der Waals surface area contributed by atoms with Crippen LogP contribution < -0.4 is 0 Å². The lowest BCUT2D eigenvalue weighted by Gasteiger charge is -2.15. The van der Waals surface area contributed by atoms with Crippen LogP contribution in [0.2, 0.25) is 0 Å². The van der Waals surface area contributed by atoms with E-state index in [9.17, 15) is 9.59 Å². The molecule has 0 aromatic carbocycles. The van der Waals surface area contributed by atoms with Gasteiger partial charge in [0.15, 0.2) is 0 Å². The van der Waals surface area contributed by atoms with Gasteiger partial charge in [-0.1, -0.05) is 32.9 Å². The van der Waals surface area contributed by atoms with Gasteiger partial charge in [-0.15, -0.1) is 0 Å². The third kappa shape index (κ3) is 6.83. The van der Waals surface area contributed by atoms with Gasteiger partial charge >= 0.3 is 5.97 Å². The summed E-state index contributed by atoms with van der Waals surface area (Å²) in [5.74, 6) is 0.665. The number of carbonyl (C=O) groups is 2. The predicted octanol–water partition coefficient (Wildman–Crippen LogP) is 3.20. The number of aromatic nitrogens is 1. The van der Waals surface area contributed by atoms with E-state index in [0.717, 1.165) is 31.4 Å². The van der Waals surface area contributed by atoms with E-state index in [2.05, 4.69) is 9.89 Å². The van der Waals surface area contributed by atoms with Crippen molar-refractivity contribution in [2.24, 2.45) is 5.92 Å². The average Bonchev–Trinajstić information content (AvgIpc) is 3.18. The van der Waals surface area contributed by atoms with Crippen LogP contribution in [0.4, 0.5) is 0 Å². The zero-order valence-corrected chi connectivity index (χ0v) is 16.0. The Labute approximate surface area is 145 Å². The van der Waals surface area contributed by atoms with Crippen molar-refractivity contribution in [2.75, 3.05) is 20.7 Å². The topological polar surface area (TPSA) is 72.6 Å². The molecule has 2 rings (SSSR count). The molecule has 0 spiro atoms. The van der Waals surface area contributed by atoms with Gasteiger partial charge in [-0.3, -0.25) is 9.69 Å². The maximum absolute atomic E-state index is 11.0. The van der Waals surface area contributed by atoms with Crippen LogP contribution in [0.5, 0.6) is 0 Å². The van der Waals surface area contributed by atoms with E-state index < -0.39 is 0 Å². The molecule has 0 aliphatic carbocycles. The molecule has 0 radical (unpaired) electrons. The summed E-state index contributed by atoms with van der Waals surface area (Å²) in [6.07, 6.45) is 2.96. The number of carbonyl (C=O) groups excluding carboxylic acids is 2. The molecule has 24 heavy (non-hydrogen) atoms. The normalized spacial score (nSPS) is 18.1. The van der Waals surface area contributed by atoms with Crippen molar-refractivity contribution < 1.29 is 18.8 Å². The Balaban J connectivity index is 0.000000405. The lowest BCUT2D eigenvalue weighted by molar-refractivity contribution is -0.145. The summed E-state index contributed by atoms with van der Waals surface area (Å²) in [6, 6.07) is 1.82. The van der Waals surface area contributed by atoms with Crippen LogP contribution in [0.25, 0.3) is 0 Å². The third-order valence-electron chi connectivity index (χ3n) is 3.83. The van der Waals surface area contributed by atoms with Crippen LogP contribution in [-0.4, -0.2) is 49.1 Å². The summed E-state index contributed by atoms with van der Waals surface area (Å²) in [6.45, 7) is 10.8. The second-order valence-corrected chi connectivity index (χ2v) is 5.94. The lowest BCUT2D eigenvalue weighted by atomic mass is 9.95. The number of esters is 1. The van der Waals surface area contributed by atoms with Crippen LogP contribution in [0.3, 0.4) is 0 Å². The number of aldehydes is 1. The van der Waals surface area contributed by atoms with Gasteiger partial charge in [-0.05, 0) is 39.3 Å². The Morgan fingerprint density at radius 1 is 1.46 bits per heavy atom. The number of aryl methyl sites for hydroxylation is 1. The Bertz CT molecular complexity index is 485. The predicted molar refractivity (Wildman–Crippen MR) is 93.9 cm³/mol. The fraction of sp³-hybridized carbons (Fsp3) is 0.722. The molecule has 1 aromatic heterocycles. The number of hydrogen-bond donors (Lipinski definition) is 0. The van der Waals surface area contributed by atoms with E-state index in [-0.39, 0.29) is 23.8 Å². The molecule has 2 heterocycles. The number of hydrogen-bond acceptors (Lipinski definition) is 6. The first-order valence-corrected chi connectivity index (χ1v) is 8.57. The van der Waals surface area contributed by atoms with Gasteiger partial charge in [0.1, 0.15) is 18.1 Å². The highest BCUT2D eigenvalue weighted by molar-refractivity contribution is 5.75. The van der Waals surface area contributed by atoms with E-state index in [0.29, 0.717) is 5.76 Å². The van der Waals surface area contributed by atoms with E-state index in [1.165, 1.54) is 7.11 Å². The molecule has 138 valence electrons. The Kier molecular flexibility index (Phi) is 11.0. The molecule has 6 nitrogen and oxygen atoms in total. The molecule has 0 N–H and O–H groups in total. The molecular formula is C18H32N2O4. The molecule has 1 aromatic rings. The minimum Gasteiger partial charge on any atom is -0.468 e. The van der Waals surface area contributed by atoms with Crippen molar-refractivity contribution >= 4 is 12.3 Å². The third-order valence-corrected chi connectivity index (χ3v) is 3.83. The molecule has 0 amide bonds. The summed E-state index contributed by atoms with van der Waals surface area (Å²) >= 11 is 0. The molecule has 6 heteroatoms. The van der Waals surface area contributed by atoms with E-state index in [1.807, 2.05) is 46.6 Å². The van der Waals surface area contributed by atoms with Gasteiger partial charge in [0.2, 0.25) is 0 Å². The van der Waals surface area contributed by atoms with Crippen molar-refractivity contribution in [3.63, 3.8) is 0 Å². The number of nitrogens with zero attached hydrogens (tertiary/aromatic N) is 2. The van der Waals surface area contributed by atoms with Gasteiger partial charge in [0.05, 0.1) is 18.7 Å². The van der Waals surface area contributed by atoms with Crippen LogP contribution in [-0.2, 0) is 14.3 Å². The minimum atomic E-state index is -0.161. The van der Waals surface area contributed by atoms with E-state index in [1.54, 1.807) is 6.07 Å². The van der Waals surface area contributed by atoms with Crippen molar-refractivity contribution in [1.82, 2.24) is 10.1 Å². The second kappa shape index (κ2) is 11.8. The molecule has 1 aliphatic heterocycles. The van der Waals surface area contributed by atoms with Crippen LogP contribution in [0.15, 0.2) is 10.6 Å². The van der Waals surface area contributed by atoms with E-state index >= 15 is 0 Å². The number of ether oxygens (including phenoxy) is 1. The van der Waals surface area contributed by atoms with Crippen molar-refractivity contribution in [1.29, 1.82) is 0 Å². The molecule has 0 saturated carbocycles. The maximum Gasteiger partial charge on any atom is 0.323 e. The molecule has 2 atom stereocenters. The monoisotopic (exact) mass is 340 g/mol. The number of likely N-dealkylation sites (tertiary alicyclic amines) is 1. The first-order chi connectivity index (χ1) is 11.4. The highest BCUT2D eigenvalue weighted by Crippen LogP contribution is 2.22. The maximum atomic E-state index is 11.0. The Hall–Kier alpha value is -1.69. The fourth-order valence-corrected chi connectivity index (χ4v) is 2.44. The number of rotatable bonds is 4. The first kappa shape index (κ1) is 22.3. The Morgan fingerprint density at radius 3 is 2.42 bits per heavy atom. The zero-order chi connectivity index (χ0) is 18.7. The zero-order valence-electron chi connectivity index (χ0n) is 16.0. The second-order valence-electron chi connectivity index (χ2n) is 5.94. The average molecular weight is 340 g/mol. The summed E-state index contributed by atoms with van der Waals surface area (Å²) in [5.41, 5.74) is 0.817. The largest absolute Gasteiger partial charge is 0.468 e. The SMILES string of the molecule is CC.COC(=O)C1CCCN1C.Cc1cc(C(C=O)C(C)C)on1. The van der Waals surface area contributed by atoms with Gasteiger partial charge in [-0.2, -0.15) is 0 Å². The van der Waals surface area contributed by atoms with Crippen molar-refractivity contribution in [3.8, 4) is 0 Å². The molecule has 0 bridgehead atoms. The summed E-state index contributed by atoms with van der Waals surface area (Å²) in [5, 5.41) is 3.73. The van der Waals surface area contributed by atoms with E-state index in [4.69, 9.17) is 4.52 Å².